The number of rotatable bonds is 5. The van der Waals surface area contributed by atoms with E-state index in [4.69, 9.17) is 4.74 Å². The lowest BCUT2D eigenvalue weighted by Gasteiger charge is -2.12. The molecule has 0 fully saturated rings. The SMILES string of the molecule is Cc1nc(C)c(COCc2nc(C)c(/C=[N+](\O)C(C)(C)C)nc2C)nc1C. The molecule has 0 unspecified atom stereocenters. The topological polar surface area (TPSA) is 84.0 Å². The number of ether oxygens (including phenoxy) is 1. The van der Waals surface area contributed by atoms with Crippen LogP contribution in [0.1, 0.15) is 66.3 Å². The minimum absolute atomic E-state index is 0.343. The molecular weight excluding hydrogens is 342 g/mol. The molecule has 0 saturated carbocycles. The lowest BCUT2D eigenvalue weighted by atomic mass is 10.1. The maximum atomic E-state index is 10.1. The monoisotopic (exact) mass is 372 g/mol. The summed E-state index contributed by atoms with van der Waals surface area (Å²) in [6.07, 6.45) is 1.61. The average Bonchev–Trinajstić information content (AvgIpc) is 2.55. The molecule has 0 saturated heterocycles. The van der Waals surface area contributed by atoms with Crippen molar-refractivity contribution in [3.05, 3.63) is 45.6 Å². The first-order valence-corrected chi connectivity index (χ1v) is 9.04. The second kappa shape index (κ2) is 8.08. The Morgan fingerprint density at radius 3 is 1.81 bits per heavy atom. The quantitative estimate of drug-likeness (QED) is 0.376. The summed E-state index contributed by atoms with van der Waals surface area (Å²) >= 11 is 0. The van der Waals surface area contributed by atoms with Crippen molar-refractivity contribution in [3.63, 3.8) is 0 Å². The van der Waals surface area contributed by atoms with E-state index in [-0.39, 0.29) is 0 Å². The summed E-state index contributed by atoms with van der Waals surface area (Å²) in [6.45, 7) is 16.1. The van der Waals surface area contributed by atoms with E-state index in [9.17, 15) is 5.21 Å². The molecule has 2 heterocycles. The molecule has 146 valence electrons. The van der Waals surface area contributed by atoms with Gasteiger partial charge in [0.1, 0.15) is 0 Å². The van der Waals surface area contributed by atoms with Crippen LogP contribution in [-0.2, 0) is 18.0 Å². The fourth-order valence-corrected chi connectivity index (χ4v) is 2.38. The van der Waals surface area contributed by atoms with E-state index >= 15 is 0 Å². The molecule has 1 N–H and O–H groups in total. The molecule has 0 aliphatic carbocycles. The maximum Gasteiger partial charge on any atom is 0.243 e. The summed E-state index contributed by atoms with van der Waals surface area (Å²) in [7, 11) is 0. The van der Waals surface area contributed by atoms with Gasteiger partial charge in [-0.1, -0.05) is 0 Å². The van der Waals surface area contributed by atoms with E-state index in [0.29, 0.717) is 18.9 Å². The Labute approximate surface area is 161 Å². The number of hydrogen-bond donors (Lipinski definition) is 1. The van der Waals surface area contributed by atoms with Crippen LogP contribution in [0, 0.1) is 34.6 Å². The van der Waals surface area contributed by atoms with Gasteiger partial charge in [0.2, 0.25) is 11.8 Å². The van der Waals surface area contributed by atoms with Gasteiger partial charge in [0.15, 0.2) is 5.69 Å². The van der Waals surface area contributed by atoms with Crippen LogP contribution in [0.4, 0.5) is 0 Å². The molecule has 0 amide bonds. The highest BCUT2D eigenvalue weighted by atomic mass is 16.5. The second-order valence-electron chi connectivity index (χ2n) is 7.79. The number of aromatic nitrogens is 4. The Morgan fingerprint density at radius 1 is 0.778 bits per heavy atom. The van der Waals surface area contributed by atoms with Crippen LogP contribution in [0.15, 0.2) is 0 Å². The van der Waals surface area contributed by atoms with E-state index in [2.05, 4.69) is 19.9 Å². The lowest BCUT2D eigenvalue weighted by molar-refractivity contribution is -0.816. The molecule has 0 bridgehead atoms. The molecule has 7 heteroatoms. The van der Waals surface area contributed by atoms with Gasteiger partial charge in [-0.05, 0) is 39.4 Å². The van der Waals surface area contributed by atoms with Crippen molar-refractivity contribution in [1.82, 2.24) is 19.9 Å². The first-order chi connectivity index (χ1) is 12.5. The molecular formula is C20H30N5O2+. The highest BCUT2D eigenvalue weighted by Gasteiger charge is 2.25. The van der Waals surface area contributed by atoms with Crippen LogP contribution in [-0.4, -0.2) is 41.6 Å². The molecule has 2 aromatic heterocycles. The molecule has 0 spiro atoms. The summed E-state index contributed by atoms with van der Waals surface area (Å²) in [4.78, 5) is 18.2. The van der Waals surface area contributed by atoms with Crippen molar-refractivity contribution in [3.8, 4) is 0 Å². The Morgan fingerprint density at radius 2 is 1.26 bits per heavy atom. The predicted octanol–water partition coefficient (Wildman–Crippen LogP) is 3.14. The molecule has 2 rings (SSSR count). The highest BCUT2D eigenvalue weighted by Crippen LogP contribution is 2.12. The van der Waals surface area contributed by atoms with Crippen LogP contribution >= 0.6 is 0 Å². The second-order valence-corrected chi connectivity index (χ2v) is 7.79. The van der Waals surface area contributed by atoms with Crippen molar-refractivity contribution >= 4 is 6.21 Å². The Hall–Kier alpha value is -2.41. The summed E-state index contributed by atoms with van der Waals surface area (Å²) in [5, 5.41) is 10.1. The first-order valence-electron chi connectivity index (χ1n) is 9.04. The van der Waals surface area contributed by atoms with Crippen molar-refractivity contribution in [1.29, 1.82) is 0 Å². The number of hydroxylamine groups is 1. The lowest BCUT2D eigenvalue weighted by Crippen LogP contribution is -2.31. The van der Waals surface area contributed by atoms with Gasteiger partial charge in [0.05, 0.1) is 53.1 Å². The zero-order chi connectivity index (χ0) is 20.4. The highest BCUT2D eigenvalue weighted by molar-refractivity contribution is 5.74. The fraction of sp³-hybridized carbons (Fsp3) is 0.550. The van der Waals surface area contributed by atoms with E-state index in [1.54, 1.807) is 6.21 Å². The standard InChI is InChI=1S/C20H30N5O2/c1-12-13(2)22-18(15(4)21-12)10-27-11-19-16(5)23-17(14(3)24-19)9-25(26)20(6,7)8/h9,26H,10-11H2,1-8H3/q+1. The summed E-state index contributed by atoms with van der Waals surface area (Å²) in [5.74, 6) is 0. The predicted molar refractivity (Wildman–Crippen MR) is 103 cm³/mol. The van der Waals surface area contributed by atoms with E-state index < -0.39 is 5.54 Å². The van der Waals surface area contributed by atoms with Gasteiger partial charge in [-0.3, -0.25) is 20.2 Å². The molecule has 0 aliphatic heterocycles. The molecule has 0 atom stereocenters. The normalized spacial score (nSPS) is 12.5. The van der Waals surface area contributed by atoms with Crippen molar-refractivity contribution < 1.29 is 14.7 Å². The third-order valence-corrected chi connectivity index (χ3v) is 4.37. The van der Waals surface area contributed by atoms with Gasteiger partial charge < -0.3 is 4.74 Å². The number of nitrogens with zero attached hydrogens (tertiary/aromatic N) is 5. The Kier molecular flexibility index (Phi) is 6.26. The van der Waals surface area contributed by atoms with Gasteiger partial charge in [-0.15, -0.1) is 0 Å². The molecule has 27 heavy (non-hydrogen) atoms. The summed E-state index contributed by atoms with van der Waals surface area (Å²) in [5.41, 5.74) is 6.10. The number of hydrogen-bond acceptors (Lipinski definition) is 6. The van der Waals surface area contributed by atoms with Crippen LogP contribution in [0.25, 0.3) is 0 Å². The third kappa shape index (κ3) is 5.29. The van der Waals surface area contributed by atoms with Crippen LogP contribution < -0.4 is 0 Å². The minimum Gasteiger partial charge on any atom is -0.369 e. The Bertz CT molecular complexity index is 870. The van der Waals surface area contributed by atoms with Crippen LogP contribution in [0.5, 0.6) is 0 Å². The molecule has 0 radical (unpaired) electrons. The zero-order valence-corrected chi connectivity index (χ0v) is 17.6. The van der Waals surface area contributed by atoms with Gasteiger partial charge in [-0.25, -0.2) is 4.98 Å². The molecule has 2 aromatic rings. The smallest absolute Gasteiger partial charge is 0.243 e. The minimum atomic E-state index is -0.408. The van der Waals surface area contributed by atoms with E-state index in [1.807, 2.05) is 55.4 Å². The summed E-state index contributed by atoms with van der Waals surface area (Å²) in [6, 6.07) is 0. The Balaban J connectivity index is 2.12. The van der Waals surface area contributed by atoms with Crippen molar-refractivity contribution in [2.75, 3.05) is 0 Å². The largest absolute Gasteiger partial charge is 0.369 e. The van der Waals surface area contributed by atoms with Crippen LogP contribution in [0.2, 0.25) is 0 Å². The van der Waals surface area contributed by atoms with Gasteiger partial charge in [-0.2, -0.15) is 0 Å². The third-order valence-electron chi connectivity index (χ3n) is 4.37. The van der Waals surface area contributed by atoms with Crippen LogP contribution in [0.3, 0.4) is 0 Å². The zero-order valence-electron chi connectivity index (χ0n) is 17.6. The molecule has 0 aromatic carbocycles. The number of aryl methyl sites for hydroxylation is 5. The van der Waals surface area contributed by atoms with Crippen molar-refractivity contribution in [2.24, 2.45) is 0 Å². The first kappa shape index (κ1) is 20.9. The van der Waals surface area contributed by atoms with E-state index in [1.165, 1.54) is 0 Å². The van der Waals surface area contributed by atoms with Crippen molar-refractivity contribution in [2.45, 2.75) is 74.1 Å². The maximum absolute atomic E-state index is 10.1. The fourth-order valence-electron chi connectivity index (χ4n) is 2.38. The average molecular weight is 372 g/mol. The van der Waals surface area contributed by atoms with E-state index in [0.717, 1.165) is 44.6 Å². The van der Waals surface area contributed by atoms with Gasteiger partial charge in [0, 0.05) is 20.8 Å². The van der Waals surface area contributed by atoms with Gasteiger partial charge in [0.25, 0.3) is 0 Å². The molecule has 0 aliphatic rings. The van der Waals surface area contributed by atoms with Gasteiger partial charge >= 0.3 is 0 Å². The summed E-state index contributed by atoms with van der Waals surface area (Å²) < 4.78 is 6.97. The molecule has 7 nitrogen and oxygen atoms in total.